The average Bonchev–Trinajstić information content (AvgIpc) is 2.25. The second kappa shape index (κ2) is 5.60. The molecule has 2 nitrogen and oxygen atoms in total. The summed E-state index contributed by atoms with van der Waals surface area (Å²) in [6.07, 6.45) is 8.20. The molecule has 0 aromatic heterocycles. The Morgan fingerprint density at radius 3 is 2.79 bits per heavy atom. The van der Waals surface area contributed by atoms with Gasteiger partial charge in [0.25, 0.3) is 0 Å². The molecular weight excluding hydrogens is 174 g/mol. The van der Waals surface area contributed by atoms with Crippen molar-refractivity contribution in [2.45, 2.75) is 0 Å². The Morgan fingerprint density at radius 1 is 1.43 bits per heavy atom. The van der Waals surface area contributed by atoms with Gasteiger partial charge in [-0.3, -0.25) is 4.79 Å². The molecule has 1 aromatic carbocycles. The number of benzene rings is 1. The molecule has 0 aliphatic carbocycles. The number of carbonyl (C=O) groups excluding carboxylic acids is 1. The predicted molar refractivity (Wildman–Crippen MR) is 57.3 cm³/mol. The van der Waals surface area contributed by atoms with E-state index in [4.69, 9.17) is 6.42 Å². The van der Waals surface area contributed by atoms with Gasteiger partial charge in [-0.1, -0.05) is 36.3 Å². The molecule has 1 aromatic rings. The van der Waals surface area contributed by atoms with Gasteiger partial charge in [0.05, 0.1) is 6.54 Å². The van der Waals surface area contributed by atoms with Crippen LogP contribution in [0.5, 0.6) is 0 Å². The van der Waals surface area contributed by atoms with E-state index < -0.39 is 0 Å². The van der Waals surface area contributed by atoms with Gasteiger partial charge in [-0.25, -0.2) is 0 Å². The lowest BCUT2D eigenvalue weighted by Gasteiger charge is -1.94. The highest BCUT2D eigenvalue weighted by Gasteiger charge is 1.91. The summed E-state index contributed by atoms with van der Waals surface area (Å²) >= 11 is 0. The number of carbonyl (C=O) groups is 1. The lowest BCUT2D eigenvalue weighted by Crippen LogP contribution is -2.20. The number of hydrogen-bond donors (Lipinski definition) is 1. The predicted octanol–water partition coefficient (Wildman–Crippen LogP) is 1.45. The Balaban J connectivity index is 2.49. The van der Waals surface area contributed by atoms with Crippen LogP contribution in [0.25, 0.3) is 6.08 Å². The van der Waals surface area contributed by atoms with E-state index in [0.717, 1.165) is 5.56 Å². The largest absolute Gasteiger partial charge is 0.342 e. The molecular formula is C12H11NO. The van der Waals surface area contributed by atoms with E-state index in [9.17, 15) is 4.79 Å². The zero-order chi connectivity index (χ0) is 10.2. The van der Waals surface area contributed by atoms with Crippen LogP contribution in [0.15, 0.2) is 36.4 Å². The Labute approximate surface area is 83.6 Å². The maximum atomic E-state index is 11.1. The third-order valence-electron chi connectivity index (χ3n) is 1.59. The summed E-state index contributed by atoms with van der Waals surface area (Å²) in [6.45, 7) is 0.262. The first kappa shape index (κ1) is 10.1. The van der Waals surface area contributed by atoms with Gasteiger partial charge in [0.15, 0.2) is 0 Å². The average molecular weight is 185 g/mol. The van der Waals surface area contributed by atoms with Crippen molar-refractivity contribution in [2.24, 2.45) is 0 Å². The summed E-state index contributed by atoms with van der Waals surface area (Å²) in [7, 11) is 0. The summed E-state index contributed by atoms with van der Waals surface area (Å²) < 4.78 is 0. The number of terminal acetylenes is 1. The van der Waals surface area contributed by atoms with E-state index in [-0.39, 0.29) is 12.5 Å². The molecule has 0 atom stereocenters. The fourth-order valence-corrected chi connectivity index (χ4v) is 0.933. The molecule has 0 aliphatic heterocycles. The maximum absolute atomic E-state index is 11.1. The first-order chi connectivity index (χ1) is 6.83. The molecule has 1 amide bonds. The molecule has 1 rings (SSSR count). The summed E-state index contributed by atoms with van der Waals surface area (Å²) in [5, 5.41) is 2.54. The molecule has 0 fully saturated rings. The molecule has 0 saturated carbocycles. The SMILES string of the molecule is C#CCNC(=O)/C=C/c1ccccc1. The highest BCUT2D eigenvalue weighted by Crippen LogP contribution is 2.00. The molecule has 0 unspecified atom stereocenters. The molecule has 0 heterocycles. The highest BCUT2D eigenvalue weighted by molar-refractivity contribution is 5.91. The maximum Gasteiger partial charge on any atom is 0.244 e. The van der Waals surface area contributed by atoms with Gasteiger partial charge in [0.2, 0.25) is 5.91 Å². The Bertz CT molecular complexity index is 360. The third-order valence-corrected chi connectivity index (χ3v) is 1.59. The number of nitrogens with one attached hydrogen (secondary N) is 1. The van der Waals surface area contributed by atoms with Crippen molar-refractivity contribution < 1.29 is 4.79 Å². The zero-order valence-electron chi connectivity index (χ0n) is 7.73. The second-order valence-corrected chi connectivity index (χ2v) is 2.67. The van der Waals surface area contributed by atoms with Crippen molar-refractivity contribution in [3.05, 3.63) is 42.0 Å². The summed E-state index contributed by atoms with van der Waals surface area (Å²) in [5.74, 6) is 2.16. The molecule has 0 bridgehead atoms. The molecule has 14 heavy (non-hydrogen) atoms. The number of amides is 1. The van der Waals surface area contributed by atoms with Crippen LogP contribution in [0.2, 0.25) is 0 Å². The van der Waals surface area contributed by atoms with E-state index in [1.165, 1.54) is 6.08 Å². The molecule has 0 aliphatic rings. The van der Waals surface area contributed by atoms with Gasteiger partial charge >= 0.3 is 0 Å². The second-order valence-electron chi connectivity index (χ2n) is 2.67. The molecule has 0 radical (unpaired) electrons. The minimum Gasteiger partial charge on any atom is -0.342 e. The van der Waals surface area contributed by atoms with Crippen LogP contribution >= 0.6 is 0 Å². The lowest BCUT2D eigenvalue weighted by atomic mass is 10.2. The van der Waals surface area contributed by atoms with Crippen molar-refractivity contribution in [2.75, 3.05) is 6.54 Å². The summed E-state index contributed by atoms with van der Waals surface area (Å²) in [6, 6.07) is 9.60. The van der Waals surface area contributed by atoms with E-state index in [0.29, 0.717) is 0 Å². The van der Waals surface area contributed by atoms with Gasteiger partial charge in [-0.2, -0.15) is 0 Å². The first-order valence-corrected chi connectivity index (χ1v) is 4.27. The minimum atomic E-state index is -0.174. The summed E-state index contributed by atoms with van der Waals surface area (Å²) in [5.41, 5.74) is 0.989. The Morgan fingerprint density at radius 2 is 2.14 bits per heavy atom. The Hall–Kier alpha value is -2.01. The van der Waals surface area contributed by atoms with Crippen LogP contribution in [0, 0.1) is 12.3 Å². The van der Waals surface area contributed by atoms with E-state index in [1.807, 2.05) is 30.3 Å². The van der Waals surface area contributed by atoms with Crippen LogP contribution in [0.4, 0.5) is 0 Å². The van der Waals surface area contributed by atoms with Crippen LogP contribution < -0.4 is 5.32 Å². The number of rotatable bonds is 3. The van der Waals surface area contributed by atoms with Gasteiger partial charge in [0.1, 0.15) is 0 Å². The summed E-state index contributed by atoms with van der Waals surface area (Å²) in [4.78, 5) is 11.1. The van der Waals surface area contributed by atoms with Crippen molar-refractivity contribution in [3.8, 4) is 12.3 Å². The molecule has 70 valence electrons. The van der Waals surface area contributed by atoms with Crippen LogP contribution in [0.1, 0.15) is 5.56 Å². The smallest absolute Gasteiger partial charge is 0.244 e. The molecule has 0 saturated heterocycles. The van der Waals surface area contributed by atoms with E-state index in [2.05, 4.69) is 11.2 Å². The topological polar surface area (TPSA) is 29.1 Å². The standard InChI is InChI=1S/C12H11NO/c1-2-10-13-12(14)9-8-11-6-4-3-5-7-11/h1,3-9H,10H2,(H,13,14)/b9-8+. The number of hydrogen-bond acceptors (Lipinski definition) is 1. The minimum absolute atomic E-state index is 0.174. The van der Waals surface area contributed by atoms with E-state index in [1.54, 1.807) is 6.08 Å². The van der Waals surface area contributed by atoms with Crippen LogP contribution in [0.3, 0.4) is 0 Å². The molecule has 0 spiro atoms. The monoisotopic (exact) mass is 185 g/mol. The Kier molecular flexibility index (Phi) is 4.03. The first-order valence-electron chi connectivity index (χ1n) is 4.27. The van der Waals surface area contributed by atoms with Crippen LogP contribution in [-0.4, -0.2) is 12.5 Å². The fourth-order valence-electron chi connectivity index (χ4n) is 0.933. The van der Waals surface area contributed by atoms with Crippen molar-refractivity contribution in [1.82, 2.24) is 5.32 Å². The van der Waals surface area contributed by atoms with Crippen molar-refractivity contribution in [1.29, 1.82) is 0 Å². The van der Waals surface area contributed by atoms with E-state index >= 15 is 0 Å². The molecule has 2 heteroatoms. The van der Waals surface area contributed by atoms with Gasteiger partial charge in [-0.05, 0) is 11.6 Å². The fraction of sp³-hybridized carbons (Fsp3) is 0.0833. The quantitative estimate of drug-likeness (QED) is 0.560. The third kappa shape index (κ3) is 3.59. The van der Waals surface area contributed by atoms with Crippen molar-refractivity contribution in [3.63, 3.8) is 0 Å². The molecule has 1 N–H and O–H groups in total. The normalized spacial score (nSPS) is 9.64. The lowest BCUT2D eigenvalue weighted by molar-refractivity contribution is -0.116. The van der Waals surface area contributed by atoms with Gasteiger partial charge in [-0.15, -0.1) is 6.42 Å². The van der Waals surface area contributed by atoms with Crippen LogP contribution in [-0.2, 0) is 4.79 Å². The van der Waals surface area contributed by atoms with Gasteiger partial charge < -0.3 is 5.32 Å². The highest BCUT2D eigenvalue weighted by atomic mass is 16.1. The zero-order valence-corrected chi connectivity index (χ0v) is 7.73. The van der Waals surface area contributed by atoms with Gasteiger partial charge in [0, 0.05) is 6.08 Å². The van der Waals surface area contributed by atoms with Crippen molar-refractivity contribution >= 4 is 12.0 Å².